The predicted molar refractivity (Wildman–Crippen MR) is 198 cm³/mol. The topological polar surface area (TPSA) is 168 Å². The first kappa shape index (κ1) is 35.2. The third-order valence-electron chi connectivity index (χ3n) is 10.2. The molecule has 5 aromatic rings. The number of carbonyl (C=O) groups is 6. The fraction of sp³-hybridized carbons (Fsp3) is 0.300. The van der Waals surface area contributed by atoms with Crippen LogP contribution in [0.2, 0.25) is 0 Å². The second kappa shape index (κ2) is 14.8. The summed E-state index contributed by atoms with van der Waals surface area (Å²) in [5.41, 5.74) is 3.97. The van der Waals surface area contributed by atoms with Crippen LogP contribution in [0.1, 0.15) is 44.7 Å². The summed E-state index contributed by atoms with van der Waals surface area (Å²) in [5, 5.41) is 7.70. The van der Waals surface area contributed by atoms with E-state index in [2.05, 4.69) is 20.6 Å². The average molecular weight is 716 g/mol. The molecule has 1 saturated heterocycles. The Balaban J connectivity index is 1.11. The Morgan fingerprint density at radius 1 is 0.736 bits per heavy atom. The first-order valence-electron chi connectivity index (χ1n) is 17.7. The van der Waals surface area contributed by atoms with Crippen molar-refractivity contribution in [2.45, 2.75) is 43.8 Å². The van der Waals surface area contributed by atoms with Crippen LogP contribution in [0, 0.1) is 0 Å². The molecule has 0 saturated carbocycles. The van der Waals surface area contributed by atoms with Gasteiger partial charge in [-0.1, -0.05) is 48.5 Å². The molecule has 3 aromatic carbocycles. The summed E-state index contributed by atoms with van der Waals surface area (Å²) in [5.74, 6) is -2.27. The number of nitrogens with zero attached hydrogens (tertiary/aromatic N) is 3. The molecular formula is C40H41N7O6. The molecule has 0 unspecified atom stereocenters. The van der Waals surface area contributed by atoms with Gasteiger partial charge in [0.1, 0.15) is 6.04 Å². The first-order valence-corrected chi connectivity index (χ1v) is 17.7. The van der Waals surface area contributed by atoms with Crippen molar-refractivity contribution in [2.24, 2.45) is 0 Å². The number of likely N-dealkylation sites (N-methyl/N-ethyl adjacent to an activating group) is 2. The van der Waals surface area contributed by atoms with Gasteiger partial charge < -0.3 is 35.3 Å². The van der Waals surface area contributed by atoms with Gasteiger partial charge in [0.25, 0.3) is 5.91 Å². The largest absolute Gasteiger partial charge is 0.361 e. The molecule has 0 aliphatic carbocycles. The van der Waals surface area contributed by atoms with E-state index in [-0.39, 0.29) is 56.2 Å². The lowest BCUT2D eigenvalue weighted by Crippen LogP contribution is -2.55. The van der Waals surface area contributed by atoms with E-state index in [1.165, 1.54) is 30.0 Å². The van der Waals surface area contributed by atoms with Gasteiger partial charge in [0, 0.05) is 91.0 Å². The van der Waals surface area contributed by atoms with E-state index >= 15 is 0 Å². The maximum atomic E-state index is 14.0. The number of para-hydroxylation sites is 2. The Hall–Kier alpha value is -6.24. The standard InChI is InChI=1S/C40H41N7O6/c1-45-22-34(44-37(50)16-27-20-42-33-13-6-4-11-31(27)33)40(53)46(2)23-38(51)47-21-28(43-36(49)15-26-19-41-32-12-5-3-10-30(26)32)17-29(47)18-35(48)24-8-7-9-25(14-24)39(45)52/h3-14,19-20,28-29,34,41-42H,15-18,21-23H2,1-2H3,(H,43,49)(H,44,50)/t28-,29+,34+/m1/s1. The van der Waals surface area contributed by atoms with Crippen LogP contribution in [0.4, 0.5) is 0 Å². The van der Waals surface area contributed by atoms with Crippen LogP contribution < -0.4 is 10.6 Å². The number of aromatic nitrogens is 2. The average Bonchev–Trinajstić information content (AvgIpc) is 3.87. The van der Waals surface area contributed by atoms with Gasteiger partial charge in [-0.25, -0.2) is 0 Å². The summed E-state index contributed by atoms with van der Waals surface area (Å²) in [7, 11) is 2.99. The lowest BCUT2D eigenvalue weighted by atomic mass is 9.99. The van der Waals surface area contributed by atoms with Crippen molar-refractivity contribution in [3.8, 4) is 0 Å². The minimum Gasteiger partial charge on any atom is -0.361 e. The molecule has 13 heteroatoms. The van der Waals surface area contributed by atoms with E-state index in [9.17, 15) is 28.8 Å². The van der Waals surface area contributed by atoms with Gasteiger partial charge in [0.15, 0.2) is 5.78 Å². The highest BCUT2D eigenvalue weighted by Crippen LogP contribution is 2.25. The number of rotatable bonds is 6. The van der Waals surface area contributed by atoms with Crippen molar-refractivity contribution >= 4 is 57.1 Å². The Morgan fingerprint density at radius 2 is 1.34 bits per heavy atom. The molecule has 4 heterocycles. The molecule has 0 spiro atoms. The number of H-pyrrole nitrogens is 2. The third kappa shape index (κ3) is 7.55. The smallest absolute Gasteiger partial charge is 0.253 e. The first-order chi connectivity index (χ1) is 25.5. The summed E-state index contributed by atoms with van der Waals surface area (Å²) in [6, 6.07) is 19.5. The fourth-order valence-electron chi connectivity index (χ4n) is 7.50. The van der Waals surface area contributed by atoms with Crippen LogP contribution in [0.15, 0.2) is 85.2 Å². The third-order valence-corrected chi connectivity index (χ3v) is 10.2. The molecule has 2 bridgehead atoms. The van der Waals surface area contributed by atoms with Crippen LogP contribution in [0.5, 0.6) is 0 Å². The van der Waals surface area contributed by atoms with Gasteiger partial charge in [-0.15, -0.1) is 0 Å². The van der Waals surface area contributed by atoms with Gasteiger partial charge in [-0.2, -0.15) is 0 Å². The van der Waals surface area contributed by atoms with Gasteiger partial charge in [-0.3, -0.25) is 28.8 Å². The normalized spacial score (nSPS) is 20.0. The Bertz CT molecular complexity index is 2240. The number of nitrogens with one attached hydrogen (secondary N) is 4. The van der Waals surface area contributed by atoms with E-state index in [0.29, 0.717) is 12.0 Å². The number of carbonyl (C=O) groups excluding carboxylic acids is 6. The number of Topliss-reactive ketones (excluding diaryl/α,β-unsaturated/α-hetero) is 1. The maximum absolute atomic E-state index is 14.0. The zero-order valence-electron chi connectivity index (χ0n) is 29.6. The maximum Gasteiger partial charge on any atom is 0.253 e. The van der Waals surface area contributed by atoms with Crippen LogP contribution in [0.25, 0.3) is 21.8 Å². The van der Waals surface area contributed by atoms with E-state index < -0.39 is 41.8 Å². The van der Waals surface area contributed by atoms with Gasteiger partial charge in [0.2, 0.25) is 23.6 Å². The number of benzene rings is 3. The molecule has 4 N–H and O–H groups in total. The molecule has 53 heavy (non-hydrogen) atoms. The summed E-state index contributed by atoms with van der Waals surface area (Å²) >= 11 is 0. The molecule has 2 aromatic heterocycles. The van der Waals surface area contributed by atoms with Crippen molar-refractivity contribution in [1.29, 1.82) is 0 Å². The lowest BCUT2D eigenvalue weighted by Gasteiger charge is -2.30. The van der Waals surface area contributed by atoms with Crippen molar-refractivity contribution in [1.82, 2.24) is 35.3 Å². The monoisotopic (exact) mass is 715 g/mol. The van der Waals surface area contributed by atoms with Gasteiger partial charge in [0.05, 0.1) is 19.4 Å². The zero-order valence-corrected chi connectivity index (χ0v) is 29.6. The Kier molecular flexibility index (Phi) is 9.81. The molecule has 272 valence electrons. The number of amides is 5. The number of fused-ring (bicyclic) bond motifs is 5. The Morgan fingerprint density at radius 3 is 2.00 bits per heavy atom. The number of ketones is 1. The minimum atomic E-state index is -1.17. The van der Waals surface area contributed by atoms with Crippen LogP contribution >= 0.6 is 0 Å². The van der Waals surface area contributed by atoms with Gasteiger partial charge >= 0.3 is 0 Å². The van der Waals surface area contributed by atoms with E-state index in [0.717, 1.165) is 32.9 Å². The van der Waals surface area contributed by atoms with Crippen molar-refractivity contribution in [2.75, 3.05) is 33.7 Å². The molecule has 5 amide bonds. The fourth-order valence-corrected chi connectivity index (χ4v) is 7.50. The number of aromatic amines is 2. The highest BCUT2D eigenvalue weighted by Gasteiger charge is 2.39. The zero-order chi connectivity index (χ0) is 37.2. The highest BCUT2D eigenvalue weighted by molar-refractivity contribution is 6.01. The SMILES string of the molecule is CN1C[C@H](NC(=O)Cc2c[nH]c3ccccc23)C(=O)N(C)CC(=O)N2C[C@H](NC(=O)Cc3c[nH]c4ccccc34)C[C@H]2CC(=O)c2cccc(c2)C1=O. The molecule has 7 rings (SSSR count). The molecule has 3 atom stereocenters. The van der Waals surface area contributed by atoms with Crippen LogP contribution in [0.3, 0.4) is 0 Å². The van der Waals surface area contributed by atoms with Crippen LogP contribution in [-0.2, 0) is 32.0 Å². The Labute approximate surface area is 305 Å². The molecule has 2 aliphatic heterocycles. The van der Waals surface area contributed by atoms with Crippen molar-refractivity contribution in [3.63, 3.8) is 0 Å². The summed E-state index contributed by atoms with van der Waals surface area (Å²) in [6.45, 7) is -0.352. The number of hydrogen-bond donors (Lipinski definition) is 4. The van der Waals surface area contributed by atoms with Crippen molar-refractivity contribution in [3.05, 3.63) is 107 Å². The summed E-state index contributed by atoms with van der Waals surface area (Å²) in [6.07, 6.45) is 3.99. The summed E-state index contributed by atoms with van der Waals surface area (Å²) in [4.78, 5) is 92.3. The van der Waals surface area contributed by atoms with Crippen LogP contribution in [-0.4, -0.2) is 112 Å². The lowest BCUT2D eigenvalue weighted by molar-refractivity contribution is -0.142. The molecule has 13 nitrogen and oxygen atoms in total. The predicted octanol–water partition coefficient (Wildman–Crippen LogP) is 2.82. The summed E-state index contributed by atoms with van der Waals surface area (Å²) < 4.78 is 0. The molecule has 2 aliphatic rings. The quantitative estimate of drug-likeness (QED) is 0.211. The second-order valence-electron chi connectivity index (χ2n) is 14.0. The molecule has 0 radical (unpaired) electrons. The second-order valence-corrected chi connectivity index (χ2v) is 14.0. The van der Waals surface area contributed by atoms with Gasteiger partial charge in [-0.05, 0) is 41.8 Å². The van der Waals surface area contributed by atoms with E-state index in [4.69, 9.17) is 0 Å². The van der Waals surface area contributed by atoms with E-state index in [1.807, 2.05) is 54.7 Å². The minimum absolute atomic E-state index is 0.0128. The molecule has 1 fully saturated rings. The number of hydrogen-bond acceptors (Lipinski definition) is 6. The van der Waals surface area contributed by atoms with E-state index in [1.54, 1.807) is 29.3 Å². The molecular weight excluding hydrogens is 674 g/mol. The van der Waals surface area contributed by atoms with Crippen molar-refractivity contribution < 1.29 is 28.8 Å². The highest BCUT2D eigenvalue weighted by atomic mass is 16.2.